The minimum Gasteiger partial charge on any atom is -0.388 e. The summed E-state index contributed by atoms with van der Waals surface area (Å²) in [6.07, 6.45) is 0. The molecule has 1 aromatic heterocycles. The number of H-pyrrole nitrogens is 1. The molecule has 0 amide bonds. The van der Waals surface area contributed by atoms with Crippen LogP contribution in [0.5, 0.6) is 0 Å². The van der Waals surface area contributed by atoms with E-state index in [9.17, 15) is 10.1 Å². The molecule has 38 heavy (non-hydrogen) atoms. The zero-order valence-corrected chi connectivity index (χ0v) is 21.6. The van der Waals surface area contributed by atoms with Crippen LogP contribution in [0.25, 0.3) is 22.6 Å². The van der Waals surface area contributed by atoms with Gasteiger partial charge in [-0.15, -0.1) is 5.10 Å². The van der Waals surface area contributed by atoms with Crippen molar-refractivity contribution in [2.75, 3.05) is 13.1 Å². The molecule has 2 heterocycles. The van der Waals surface area contributed by atoms with Crippen molar-refractivity contribution in [2.45, 2.75) is 32.0 Å². The smallest absolute Gasteiger partial charge is 0.388 e. The Bertz CT molecular complexity index is 1560. The fourth-order valence-electron chi connectivity index (χ4n) is 5.46. The van der Waals surface area contributed by atoms with Gasteiger partial charge in [-0.2, -0.15) is 5.26 Å². The maximum Gasteiger partial charge on any atom is 0.434 e. The molecule has 4 aromatic rings. The standard InChI is InChI=1S/C29H25ClF2N4O2/c1-29(2,32)26(20-15-36(16-20)14-18-5-3-4-17(10-18)13-33)23-11-22(31)12-24(27-34-35-28(37)38-27)25(23)19-6-8-21(30)9-7-19/h3-12,20,26H,14-16H2,1-2H3,(H,35,37)/t26-/m0/s1. The van der Waals surface area contributed by atoms with Crippen LogP contribution in [-0.2, 0) is 6.54 Å². The molecule has 1 N–H and O–H groups in total. The number of alkyl halides is 1. The van der Waals surface area contributed by atoms with Crippen LogP contribution in [0.1, 0.15) is 36.5 Å². The number of nitrogens with zero attached hydrogens (tertiary/aromatic N) is 3. The number of aromatic nitrogens is 2. The summed E-state index contributed by atoms with van der Waals surface area (Å²) in [6.45, 7) is 4.82. The highest BCUT2D eigenvalue weighted by molar-refractivity contribution is 6.30. The fraction of sp³-hybridized carbons (Fsp3) is 0.276. The lowest BCUT2D eigenvalue weighted by Crippen LogP contribution is -2.52. The Balaban J connectivity index is 1.56. The van der Waals surface area contributed by atoms with Gasteiger partial charge in [-0.25, -0.2) is 18.7 Å². The Morgan fingerprint density at radius 3 is 2.58 bits per heavy atom. The summed E-state index contributed by atoms with van der Waals surface area (Å²) in [7, 11) is 0. The summed E-state index contributed by atoms with van der Waals surface area (Å²) in [5.41, 5.74) is 1.82. The zero-order valence-electron chi connectivity index (χ0n) is 20.8. The summed E-state index contributed by atoms with van der Waals surface area (Å²) in [6, 6.07) is 19.1. The molecule has 0 radical (unpaired) electrons. The van der Waals surface area contributed by atoms with Crippen molar-refractivity contribution in [1.82, 2.24) is 15.1 Å². The molecule has 0 unspecified atom stereocenters. The lowest BCUT2D eigenvalue weighted by atomic mass is 9.70. The molecular weight excluding hydrogens is 510 g/mol. The SMILES string of the molecule is CC(C)(F)[C@H](c1cc(F)cc(-c2n[nH]c(=O)o2)c1-c1ccc(Cl)cc1)C1CN(Cc2cccc(C#N)c2)C1. The predicted octanol–water partition coefficient (Wildman–Crippen LogP) is 6.32. The molecule has 0 bridgehead atoms. The van der Waals surface area contributed by atoms with E-state index in [0.717, 1.165) is 5.56 Å². The van der Waals surface area contributed by atoms with E-state index in [-0.39, 0.29) is 17.4 Å². The Kier molecular flexibility index (Phi) is 6.91. The van der Waals surface area contributed by atoms with Crippen LogP contribution in [0.15, 0.2) is 69.9 Å². The highest BCUT2D eigenvalue weighted by Gasteiger charge is 2.44. The molecule has 0 saturated carbocycles. The third kappa shape index (κ3) is 5.26. The first-order valence-electron chi connectivity index (χ1n) is 12.2. The van der Waals surface area contributed by atoms with Gasteiger partial charge in [-0.3, -0.25) is 4.90 Å². The van der Waals surface area contributed by atoms with Crippen molar-refractivity contribution in [3.63, 3.8) is 0 Å². The van der Waals surface area contributed by atoms with Crippen LogP contribution in [0.3, 0.4) is 0 Å². The van der Waals surface area contributed by atoms with Gasteiger partial charge >= 0.3 is 5.76 Å². The number of hydrogen-bond donors (Lipinski definition) is 1. The van der Waals surface area contributed by atoms with Crippen molar-refractivity contribution < 1.29 is 13.2 Å². The number of nitrogens with one attached hydrogen (secondary N) is 1. The lowest BCUT2D eigenvalue weighted by Gasteiger charge is -2.47. The minimum absolute atomic E-state index is 0.0799. The summed E-state index contributed by atoms with van der Waals surface area (Å²) in [5, 5.41) is 15.8. The van der Waals surface area contributed by atoms with Crippen molar-refractivity contribution in [2.24, 2.45) is 5.92 Å². The fourth-order valence-corrected chi connectivity index (χ4v) is 5.58. The highest BCUT2D eigenvalue weighted by atomic mass is 35.5. The number of aromatic amines is 1. The lowest BCUT2D eigenvalue weighted by molar-refractivity contribution is 0.0214. The summed E-state index contributed by atoms with van der Waals surface area (Å²) in [4.78, 5) is 13.9. The molecule has 1 atom stereocenters. The quantitative estimate of drug-likeness (QED) is 0.299. The molecule has 6 nitrogen and oxygen atoms in total. The molecule has 1 aliphatic rings. The number of rotatable bonds is 7. The number of nitriles is 1. The maximum absolute atomic E-state index is 16.0. The topological polar surface area (TPSA) is 85.9 Å². The first kappa shape index (κ1) is 25.8. The van der Waals surface area contributed by atoms with Gasteiger partial charge in [0.05, 0.1) is 11.6 Å². The largest absolute Gasteiger partial charge is 0.434 e. The van der Waals surface area contributed by atoms with Gasteiger partial charge in [0, 0.05) is 36.1 Å². The van der Waals surface area contributed by atoms with Gasteiger partial charge in [-0.1, -0.05) is 35.9 Å². The van der Waals surface area contributed by atoms with E-state index in [1.165, 1.54) is 26.0 Å². The Hall–Kier alpha value is -3.80. The van der Waals surface area contributed by atoms with Gasteiger partial charge in [0.15, 0.2) is 0 Å². The normalized spacial score (nSPS) is 15.2. The second-order valence-electron chi connectivity index (χ2n) is 10.2. The molecule has 194 valence electrons. The maximum atomic E-state index is 16.0. The molecule has 1 saturated heterocycles. The van der Waals surface area contributed by atoms with Crippen molar-refractivity contribution in [3.05, 3.63) is 98.7 Å². The molecule has 1 fully saturated rings. The van der Waals surface area contributed by atoms with E-state index in [2.05, 4.69) is 21.2 Å². The van der Waals surface area contributed by atoms with Gasteiger partial charge in [0.2, 0.25) is 5.89 Å². The Morgan fingerprint density at radius 2 is 1.95 bits per heavy atom. The Labute approximate surface area is 223 Å². The molecule has 5 rings (SSSR count). The summed E-state index contributed by atoms with van der Waals surface area (Å²) in [5.74, 6) is -2.22. The number of halogens is 3. The molecule has 9 heteroatoms. The van der Waals surface area contributed by atoms with E-state index in [1.807, 2.05) is 18.2 Å². The number of likely N-dealkylation sites (tertiary alicyclic amines) is 1. The third-order valence-electron chi connectivity index (χ3n) is 6.93. The summed E-state index contributed by atoms with van der Waals surface area (Å²) >= 11 is 6.12. The van der Waals surface area contributed by atoms with E-state index < -0.39 is 23.2 Å². The predicted molar refractivity (Wildman–Crippen MR) is 141 cm³/mol. The molecular formula is C29H25ClF2N4O2. The van der Waals surface area contributed by atoms with Crippen LogP contribution < -0.4 is 5.76 Å². The van der Waals surface area contributed by atoms with Crippen LogP contribution in [-0.4, -0.2) is 33.9 Å². The first-order valence-corrected chi connectivity index (χ1v) is 12.6. The number of benzene rings is 3. The van der Waals surface area contributed by atoms with Gasteiger partial charge in [0.25, 0.3) is 0 Å². The molecule has 3 aromatic carbocycles. The van der Waals surface area contributed by atoms with Crippen molar-refractivity contribution in [1.29, 1.82) is 5.26 Å². The molecule has 0 aliphatic carbocycles. The van der Waals surface area contributed by atoms with Crippen LogP contribution in [0, 0.1) is 23.1 Å². The average molecular weight is 535 g/mol. The third-order valence-corrected chi connectivity index (χ3v) is 7.18. The van der Waals surface area contributed by atoms with E-state index >= 15 is 8.78 Å². The Morgan fingerprint density at radius 1 is 1.21 bits per heavy atom. The van der Waals surface area contributed by atoms with Gasteiger partial charge in [0.1, 0.15) is 11.5 Å². The molecule has 1 aliphatic heterocycles. The monoisotopic (exact) mass is 534 g/mol. The first-order chi connectivity index (χ1) is 18.1. The van der Waals surface area contributed by atoms with Crippen molar-refractivity contribution in [3.8, 4) is 28.7 Å². The van der Waals surface area contributed by atoms with Crippen LogP contribution in [0.2, 0.25) is 5.02 Å². The van der Waals surface area contributed by atoms with Crippen LogP contribution in [0.4, 0.5) is 8.78 Å². The highest BCUT2D eigenvalue weighted by Crippen LogP contribution is 2.48. The molecule has 0 spiro atoms. The van der Waals surface area contributed by atoms with E-state index in [0.29, 0.717) is 46.9 Å². The second-order valence-corrected chi connectivity index (χ2v) is 10.6. The van der Waals surface area contributed by atoms with Gasteiger partial charge in [-0.05, 0) is 78.4 Å². The van der Waals surface area contributed by atoms with Crippen molar-refractivity contribution >= 4 is 11.6 Å². The number of hydrogen-bond acceptors (Lipinski definition) is 5. The average Bonchev–Trinajstić information content (AvgIpc) is 3.28. The van der Waals surface area contributed by atoms with Gasteiger partial charge < -0.3 is 4.42 Å². The van der Waals surface area contributed by atoms with E-state index in [1.54, 1.807) is 30.3 Å². The second kappa shape index (κ2) is 10.2. The zero-order chi connectivity index (χ0) is 27.0. The summed E-state index contributed by atoms with van der Waals surface area (Å²) < 4.78 is 36.3. The van der Waals surface area contributed by atoms with E-state index in [4.69, 9.17) is 16.0 Å². The van der Waals surface area contributed by atoms with Crippen LogP contribution >= 0.6 is 11.6 Å². The minimum atomic E-state index is -1.70.